The quantitative estimate of drug-likeness (QED) is 0.167. The Kier molecular flexibility index (Phi) is 9.28. The predicted molar refractivity (Wildman–Crippen MR) is 262 cm³/mol. The van der Waals surface area contributed by atoms with E-state index in [4.69, 9.17) is 12.2 Å². The second-order valence-electron chi connectivity index (χ2n) is 15.4. The largest absolute Gasteiger partial charge is 0.480 e. The van der Waals surface area contributed by atoms with E-state index in [0.717, 1.165) is 58.8 Å². The molecule has 1 fully saturated rings. The number of carbonyl (C=O) groups excluding carboxylic acids is 1. The summed E-state index contributed by atoms with van der Waals surface area (Å²) in [5.74, 6) is -1.47. The summed E-state index contributed by atoms with van der Waals surface area (Å²) in [6, 6.07) is 37.9. The van der Waals surface area contributed by atoms with Gasteiger partial charge in [0, 0.05) is 44.6 Å². The molecule has 3 aromatic heterocycles. The number of thiazole rings is 1. The van der Waals surface area contributed by atoms with Crippen molar-refractivity contribution >= 4 is 148 Å². The van der Waals surface area contributed by atoms with Gasteiger partial charge in [-0.1, -0.05) is 72.5 Å². The second-order valence-corrected chi connectivity index (χ2v) is 20.2. The zero-order valence-corrected chi connectivity index (χ0v) is 37.1. The van der Waals surface area contributed by atoms with Crippen molar-refractivity contribution in [1.29, 1.82) is 0 Å². The molecule has 0 unspecified atom stereocenters. The van der Waals surface area contributed by atoms with Crippen LogP contribution in [0.2, 0.25) is 0 Å². The number of aromatic nitrogens is 1. The fourth-order valence-electron chi connectivity index (χ4n) is 8.90. The van der Waals surface area contributed by atoms with E-state index < -0.39 is 18.1 Å². The lowest BCUT2D eigenvalue weighted by Gasteiger charge is -2.25. The van der Waals surface area contributed by atoms with Crippen molar-refractivity contribution in [2.45, 2.75) is 33.2 Å². The number of aryl methyl sites for hydroxylation is 2. The first-order valence-corrected chi connectivity index (χ1v) is 23.8. The highest BCUT2D eigenvalue weighted by Gasteiger charge is 2.33. The number of carboxylic acid groups (broad SMARTS) is 1. The molecule has 5 heterocycles. The number of carboxylic acids is 1. The average molecular weight is 890 g/mol. The van der Waals surface area contributed by atoms with Crippen LogP contribution in [0, 0.1) is 0 Å². The van der Waals surface area contributed by atoms with Gasteiger partial charge in [-0.25, -0.2) is 0 Å². The molecule has 0 spiro atoms. The standard InChI is InChI=1S/C49H35N3O4S5/c1-3-50-37-8-6-5-7-27(37)11-14-32-19-29(15-16-38(32)50)28-12-13-31-24-40-36(22-34(31)20-28)44-43(59-40)35-21-33-17-26(9-10-30(33)23-39(35)58-44)18-41-46(55)52(25-42(53)54)48(60-41)45-47(56)51(4-2)49(57)61-45/h5-10,12-13,15-24H,3-4,11,14,25H2,1-2H3,(H,53,54)/b41-18+,48-45+. The van der Waals surface area contributed by atoms with Crippen LogP contribution in [0.25, 0.3) is 73.2 Å². The molecular weight excluding hydrogens is 855 g/mol. The minimum atomic E-state index is -1.16. The molecular formula is C49H35N3O4S5. The van der Waals surface area contributed by atoms with E-state index in [-0.39, 0.29) is 10.8 Å². The predicted octanol–water partition coefficient (Wildman–Crippen LogP) is 10.6. The van der Waals surface area contributed by atoms with Gasteiger partial charge in [-0.05, 0) is 137 Å². The topological polar surface area (TPSA) is 82.9 Å². The number of rotatable bonds is 6. The lowest BCUT2D eigenvalue weighted by molar-refractivity contribution is -0.137. The lowest BCUT2D eigenvalue weighted by Crippen LogP contribution is -2.35. The molecule has 2 aliphatic rings. The first-order valence-electron chi connectivity index (χ1n) is 20.1. The number of aliphatic carboxylic acids is 1. The zero-order chi connectivity index (χ0) is 41.7. The minimum Gasteiger partial charge on any atom is -0.480 e. The van der Waals surface area contributed by atoms with Crippen molar-refractivity contribution < 1.29 is 14.7 Å². The third-order valence-corrected chi connectivity index (χ3v) is 17.0. The molecule has 1 N–H and O–H groups in total. The summed E-state index contributed by atoms with van der Waals surface area (Å²) < 4.78 is 7.28. The first kappa shape index (κ1) is 38.3. The van der Waals surface area contributed by atoms with E-state index in [1.54, 1.807) is 6.08 Å². The lowest BCUT2D eigenvalue weighted by atomic mass is 9.96. The average Bonchev–Trinajstić information content (AvgIpc) is 3.93. The summed E-state index contributed by atoms with van der Waals surface area (Å²) in [5, 5.41) is 16.7. The number of para-hydroxylation sites is 1. The van der Waals surface area contributed by atoms with Crippen LogP contribution < -0.4 is 19.7 Å². The molecule has 0 bridgehead atoms. The van der Waals surface area contributed by atoms with Crippen molar-refractivity contribution in [3.05, 3.63) is 139 Å². The minimum absolute atomic E-state index is 0.286. The van der Waals surface area contributed by atoms with E-state index in [9.17, 15) is 19.5 Å². The molecule has 0 atom stereocenters. The Morgan fingerprint density at radius 3 is 2.05 bits per heavy atom. The molecule has 9 aromatic rings. The number of thiocarbonyl (C=S) groups is 1. The molecule has 0 saturated carbocycles. The van der Waals surface area contributed by atoms with E-state index >= 15 is 0 Å². The molecule has 11 rings (SSSR count). The van der Waals surface area contributed by atoms with Crippen molar-refractivity contribution in [2.75, 3.05) is 18.0 Å². The van der Waals surface area contributed by atoms with E-state index in [2.05, 4.69) is 109 Å². The Labute approximate surface area is 371 Å². The summed E-state index contributed by atoms with van der Waals surface area (Å²) in [7, 11) is 0. The fraction of sp³-hybridized carbons (Fsp3) is 0.143. The van der Waals surface area contributed by atoms with Crippen molar-refractivity contribution in [2.24, 2.45) is 0 Å². The normalized spacial score (nSPS) is 15.5. The highest BCUT2D eigenvalue weighted by molar-refractivity contribution is 8.30. The van der Waals surface area contributed by atoms with Gasteiger partial charge in [0.1, 0.15) is 20.4 Å². The molecule has 12 heteroatoms. The smallest absolute Gasteiger partial charge is 0.323 e. The number of thiophene rings is 2. The Hall–Kier alpha value is -5.63. The molecule has 1 amide bonds. The number of hydrogen-bond acceptors (Lipinski definition) is 9. The summed E-state index contributed by atoms with van der Waals surface area (Å²) in [6.45, 7) is 4.83. The van der Waals surface area contributed by atoms with Crippen LogP contribution >= 0.6 is 58.0 Å². The number of hydrogen-bond donors (Lipinski definition) is 1. The zero-order valence-electron chi connectivity index (χ0n) is 33.0. The van der Waals surface area contributed by atoms with Crippen molar-refractivity contribution in [3.8, 4) is 11.1 Å². The Morgan fingerprint density at radius 2 is 1.34 bits per heavy atom. The van der Waals surface area contributed by atoms with Crippen LogP contribution in [0.3, 0.4) is 0 Å². The van der Waals surface area contributed by atoms with Gasteiger partial charge in [-0.2, -0.15) is 0 Å². The molecule has 300 valence electrons. The Bertz CT molecular complexity index is 3600. The molecule has 7 nitrogen and oxygen atoms in total. The maximum atomic E-state index is 13.7. The van der Waals surface area contributed by atoms with Gasteiger partial charge in [-0.3, -0.25) is 23.9 Å². The maximum absolute atomic E-state index is 13.7. The van der Waals surface area contributed by atoms with Crippen molar-refractivity contribution in [3.63, 3.8) is 0 Å². The highest BCUT2D eigenvalue weighted by atomic mass is 32.2. The van der Waals surface area contributed by atoms with Crippen LogP contribution in [-0.4, -0.2) is 43.9 Å². The van der Waals surface area contributed by atoms with Crippen LogP contribution in [0.5, 0.6) is 0 Å². The number of nitrogens with zero attached hydrogens (tertiary/aromatic N) is 3. The molecule has 0 radical (unpaired) electrons. The van der Waals surface area contributed by atoms with Gasteiger partial charge in [0.15, 0.2) is 0 Å². The molecule has 1 saturated heterocycles. The molecule has 0 aliphatic carbocycles. The van der Waals surface area contributed by atoms with Gasteiger partial charge in [0.25, 0.3) is 11.5 Å². The SMILES string of the molecule is CCN1C(=O)/C(=c2\s/c(=C/c3ccc4cc5sc6c7cc8cc(-c9ccc%10c(c9)CCc9ccccc9N%10CC)ccc8cc7sc6c5cc4c3)c(=O)n2CC(=O)O)SC1=S. The summed E-state index contributed by atoms with van der Waals surface area (Å²) in [4.78, 5) is 42.9. The number of thioether (sulfide) groups is 1. The number of amides is 1. The Balaban J connectivity index is 0.970. The molecule has 6 aromatic carbocycles. The van der Waals surface area contributed by atoms with Gasteiger partial charge in [-0.15, -0.1) is 34.0 Å². The molecule has 61 heavy (non-hydrogen) atoms. The first-order chi connectivity index (χ1) is 29.6. The van der Waals surface area contributed by atoms with Crippen LogP contribution in [0.15, 0.2) is 108 Å². The summed E-state index contributed by atoms with van der Waals surface area (Å²) >= 11 is 11.3. The number of anilines is 2. The second kappa shape index (κ2) is 14.8. The van der Waals surface area contributed by atoms with Gasteiger partial charge >= 0.3 is 5.97 Å². The van der Waals surface area contributed by atoms with Gasteiger partial charge in [0.2, 0.25) is 0 Å². The third-order valence-electron chi connectivity index (χ3n) is 11.8. The number of carbonyl (C=O) groups is 2. The van der Waals surface area contributed by atoms with E-state index in [0.29, 0.717) is 20.1 Å². The van der Waals surface area contributed by atoms with Gasteiger partial charge in [0.05, 0.1) is 13.9 Å². The van der Waals surface area contributed by atoms with Crippen LogP contribution in [0.4, 0.5) is 11.4 Å². The monoisotopic (exact) mass is 889 g/mol. The highest BCUT2D eigenvalue weighted by Crippen LogP contribution is 2.47. The summed E-state index contributed by atoms with van der Waals surface area (Å²) in [5.41, 5.74) is 8.23. The number of benzene rings is 6. The Morgan fingerprint density at radius 1 is 0.705 bits per heavy atom. The third kappa shape index (κ3) is 6.34. The maximum Gasteiger partial charge on any atom is 0.323 e. The molecule has 2 aliphatic heterocycles. The van der Waals surface area contributed by atoms with Crippen molar-refractivity contribution in [1.82, 2.24) is 9.47 Å². The van der Waals surface area contributed by atoms with E-state index in [1.165, 1.54) is 83.4 Å². The summed E-state index contributed by atoms with van der Waals surface area (Å²) in [6.07, 6.45) is 3.83. The van der Waals surface area contributed by atoms with Gasteiger partial charge < -0.3 is 10.0 Å². The van der Waals surface area contributed by atoms with E-state index in [1.807, 2.05) is 35.7 Å². The fourth-order valence-corrected chi connectivity index (χ4v) is 14.2. The van der Waals surface area contributed by atoms with Crippen LogP contribution in [-0.2, 0) is 29.0 Å². The number of fused-ring (bicyclic) bond motifs is 9. The van der Waals surface area contributed by atoms with Crippen LogP contribution in [0.1, 0.15) is 30.5 Å².